The third kappa shape index (κ3) is 4.57. The zero-order valence-electron chi connectivity index (χ0n) is 8.53. The molecule has 0 aliphatic heterocycles. The fraction of sp³-hybridized carbons (Fsp3) is 1.00. The molecule has 0 aliphatic carbocycles. The standard InChI is InChI=1S/C9H22N2O2/c1-7(12)3-9(5-10,6-11)4-8(2)13/h7-8,12-13H,3-6,10-11H2,1-2H3. The van der Waals surface area contributed by atoms with Crippen LogP contribution in [-0.2, 0) is 0 Å². The summed E-state index contributed by atoms with van der Waals surface area (Å²) < 4.78 is 0. The molecule has 4 nitrogen and oxygen atoms in total. The molecule has 0 saturated carbocycles. The molecule has 0 aromatic rings. The van der Waals surface area contributed by atoms with Crippen LogP contribution in [0.2, 0.25) is 0 Å². The molecular weight excluding hydrogens is 168 g/mol. The minimum absolute atomic E-state index is 0.317. The largest absolute Gasteiger partial charge is 0.393 e. The van der Waals surface area contributed by atoms with Crippen LogP contribution in [0.5, 0.6) is 0 Å². The molecule has 0 spiro atoms. The van der Waals surface area contributed by atoms with Gasteiger partial charge in [-0.3, -0.25) is 0 Å². The number of hydrogen-bond acceptors (Lipinski definition) is 4. The average Bonchev–Trinajstić information content (AvgIpc) is 2.01. The van der Waals surface area contributed by atoms with Gasteiger partial charge in [-0.25, -0.2) is 0 Å². The lowest BCUT2D eigenvalue weighted by atomic mass is 9.78. The third-order valence-electron chi connectivity index (χ3n) is 2.32. The lowest BCUT2D eigenvalue weighted by Gasteiger charge is -2.33. The lowest BCUT2D eigenvalue weighted by Crippen LogP contribution is -2.42. The summed E-state index contributed by atoms with van der Waals surface area (Å²) in [5.74, 6) is 0. The van der Waals surface area contributed by atoms with Crippen molar-refractivity contribution in [2.75, 3.05) is 13.1 Å². The fourth-order valence-corrected chi connectivity index (χ4v) is 1.75. The minimum atomic E-state index is -0.425. The van der Waals surface area contributed by atoms with E-state index in [1.807, 2.05) is 0 Å². The summed E-state index contributed by atoms with van der Waals surface area (Å²) >= 11 is 0. The van der Waals surface area contributed by atoms with Gasteiger partial charge in [0.25, 0.3) is 0 Å². The van der Waals surface area contributed by atoms with Gasteiger partial charge in [0.2, 0.25) is 0 Å². The molecule has 0 rings (SSSR count). The zero-order valence-corrected chi connectivity index (χ0v) is 8.53. The molecule has 0 aromatic heterocycles. The molecule has 2 unspecified atom stereocenters. The second-order valence-electron chi connectivity index (χ2n) is 4.01. The summed E-state index contributed by atoms with van der Waals surface area (Å²) in [6.07, 6.45) is 0.243. The van der Waals surface area contributed by atoms with Crippen molar-refractivity contribution in [1.82, 2.24) is 0 Å². The molecule has 4 heteroatoms. The van der Waals surface area contributed by atoms with Crippen molar-refractivity contribution in [3.8, 4) is 0 Å². The highest BCUT2D eigenvalue weighted by molar-refractivity contribution is 4.84. The smallest absolute Gasteiger partial charge is 0.0518 e. The molecule has 80 valence electrons. The van der Waals surface area contributed by atoms with Crippen LogP contribution in [-0.4, -0.2) is 35.5 Å². The van der Waals surface area contributed by atoms with Crippen LogP contribution >= 0.6 is 0 Å². The Morgan fingerprint density at radius 3 is 1.46 bits per heavy atom. The van der Waals surface area contributed by atoms with Gasteiger partial charge in [-0.15, -0.1) is 0 Å². The van der Waals surface area contributed by atoms with E-state index < -0.39 is 12.2 Å². The first-order valence-electron chi connectivity index (χ1n) is 4.72. The van der Waals surface area contributed by atoms with E-state index in [1.54, 1.807) is 13.8 Å². The van der Waals surface area contributed by atoms with Crippen molar-refractivity contribution in [2.24, 2.45) is 16.9 Å². The SMILES string of the molecule is CC(O)CC(CN)(CN)CC(C)O. The van der Waals surface area contributed by atoms with Gasteiger partial charge in [0.15, 0.2) is 0 Å². The molecule has 0 bridgehead atoms. The first-order chi connectivity index (χ1) is 5.95. The highest BCUT2D eigenvalue weighted by Gasteiger charge is 2.30. The van der Waals surface area contributed by atoms with Crippen LogP contribution in [0.1, 0.15) is 26.7 Å². The van der Waals surface area contributed by atoms with Crippen LogP contribution in [0, 0.1) is 5.41 Å². The molecule has 6 N–H and O–H groups in total. The average molecular weight is 190 g/mol. The van der Waals surface area contributed by atoms with Gasteiger partial charge < -0.3 is 21.7 Å². The molecular formula is C9H22N2O2. The molecule has 13 heavy (non-hydrogen) atoms. The van der Waals surface area contributed by atoms with E-state index in [9.17, 15) is 10.2 Å². The van der Waals surface area contributed by atoms with Crippen molar-refractivity contribution in [1.29, 1.82) is 0 Å². The molecule has 2 atom stereocenters. The van der Waals surface area contributed by atoms with Gasteiger partial charge in [-0.1, -0.05) is 0 Å². The van der Waals surface area contributed by atoms with E-state index in [1.165, 1.54) is 0 Å². The topological polar surface area (TPSA) is 92.5 Å². The van der Waals surface area contributed by atoms with Gasteiger partial charge >= 0.3 is 0 Å². The third-order valence-corrected chi connectivity index (χ3v) is 2.32. The van der Waals surface area contributed by atoms with Crippen LogP contribution in [0.4, 0.5) is 0 Å². The summed E-state index contributed by atoms with van der Waals surface area (Å²) in [7, 11) is 0. The molecule has 0 saturated heterocycles. The molecule has 0 radical (unpaired) electrons. The lowest BCUT2D eigenvalue weighted by molar-refractivity contribution is 0.0690. The van der Waals surface area contributed by atoms with Crippen LogP contribution in [0.15, 0.2) is 0 Å². The Kier molecular flexibility index (Phi) is 5.48. The Labute approximate surface area is 79.9 Å². The molecule has 0 aromatic carbocycles. The summed E-state index contributed by atoms with van der Waals surface area (Å²) in [4.78, 5) is 0. The Balaban J connectivity index is 4.30. The van der Waals surface area contributed by atoms with Crippen LogP contribution in [0.25, 0.3) is 0 Å². The molecule has 0 aliphatic rings. The fourth-order valence-electron chi connectivity index (χ4n) is 1.75. The Hall–Kier alpha value is -0.160. The maximum atomic E-state index is 9.27. The number of aliphatic hydroxyl groups is 2. The summed E-state index contributed by atoms with van der Waals surface area (Å²) in [5.41, 5.74) is 10.9. The Bertz CT molecular complexity index is 122. The van der Waals surface area contributed by atoms with Crippen LogP contribution < -0.4 is 11.5 Å². The number of rotatable bonds is 6. The van der Waals surface area contributed by atoms with Crippen molar-refractivity contribution >= 4 is 0 Å². The predicted octanol–water partition coefficient (Wildman–Crippen LogP) is -0.568. The van der Waals surface area contributed by atoms with E-state index in [2.05, 4.69) is 0 Å². The predicted molar refractivity (Wildman–Crippen MR) is 53.1 cm³/mol. The quantitative estimate of drug-likeness (QED) is 0.451. The number of hydrogen-bond donors (Lipinski definition) is 4. The van der Waals surface area contributed by atoms with E-state index in [0.717, 1.165) is 0 Å². The molecule has 0 fully saturated rings. The van der Waals surface area contributed by atoms with Gasteiger partial charge in [0.1, 0.15) is 0 Å². The number of aliphatic hydroxyl groups excluding tert-OH is 2. The van der Waals surface area contributed by atoms with Gasteiger partial charge in [-0.2, -0.15) is 0 Å². The zero-order chi connectivity index (χ0) is 10.5. The number of nitrogens with two attached hydrogens (primary N) is 2. The Morgan fingerprint density at radius 1 is 1.00 bits per heavy atom. The first-order valence-corrected chi connectivity index (χ1v) is 4.72. The Morgan fingerprint density at radius 2 is 1.31 bits per heavy atom. The summed E-state index contributed by atoms with van der Waals surface area (Å²) in [6.45, 7) is 4.23. The maximum Gasteiger partial charge on any atom is 0.0518 e. The van der Waals surface area contributed by atoms with Gasteiger partial charge in [0, 0.05) is 0 Å². The highest BCUT2D eigenvalue weighted by atomic mass is 16.3. The summed E-state index contributed by atoms with van der Waals surface area (Å²) in [5, 5.41) is 18.5. The van der Waals surface area contributed by atoms with Crippen LogP contribution in [0.3, 0.4) is 0 Å². The van der Waals surface area contributed by atoms with Gasteiger partial charge in [-0.05, 0) is 45.2 Å². The van der Waals surface area contributed by atoms with E-state index in [4.69, 9.17) is 11.5 Å². The molecule has 0 heterocycles. The second kappa shape index (κ2) is 5.54. The van der Waals surface area contributed by atoms with E-state index >= 15 is 0 Å². The van der Waals surface area contributed by atoms with Crippen molar-refractivity contribution in [2.45, 2.75) is 38.9 Å². The van der Waals surface area contributed by atoms with E-state index in [-0.39, 0.29) is 5.41 Å². The summed E-state index contributed by atoms with van der Waals surface area (Å²) in [6, 6.07) is 0. The highest BCUT2D eigenvalue weighted by Crippen LogP contribution is 2.27. The maximum absolute atomic E-state index is 9.27. The van der Waals surface area contributed by atoms with Crippen molar-refractivity contribution in [3.63, 3.8) is 0 Å². The monoisotopic (exact) mass is 190 g/mol. The van der Waals surface area contributed by atoms with E-state index in [0.29, 0.717) is 25.9 Å². The molecule has 0 amide bonds. The second-order valence-corrected chi connectivity index (χ2v) is 4.01. The first kappa shape index (κ1) is 12.8. The van der Waals surface area contributed by atoms with Gasteiger partial charge in [0.05, 0.1) is 12.2 Å². The van der Waals surface area contributed by atoms with Crippen molar-refractivity contribution in [3.05, 3.63) is 0 Å². The minimum Gasteiger partial charge on any atom is -0.393 e. The normalized spacial score (nSPS) is 17.1. The van der Waals surface area contributed by atoms with Crippen molar-refractivity contribution < 1.29 is 10.2 Å².